The Balaban J connectivity index is 2.04. The van der Waals surface area contributed by atoms with Crippen LogP contribution in [0.4, 0.5) is 14.9 Å². The molecule has 1 fully saturated rings. The second kappa shape index (κ2) is 9.61. The van der Waals surface area contributed by atoms with Crippen molar-refractivity contribution in [1.29, 1.82) is 0 Å². The molecule has 1 aliphatic rings. The predicted octanol–water partition coefficient (Wildman–Crippen LogP) is 3.51. The number of barbiturate groups is 1. The molecule has 0 spiro atoms. The number of carbonyl (C=O) groups excluding carboxylic acids is 3. The first kappa shape index (κ1) is 22.3. The van der Waals surface area contributed by atoms with E-state index in [0.29, 0.717) is 32.1 Å². The number of rotatable bonds is 6. The van der Waals surface area contributed by atoms with Crippen LogP contribution in [0.3, 0.4) is 0 Å². The van der Waals surface area contributed by atoms with Crippen molar-refractivity contribution in [3.63, 3.8) is 0 Å². The Kier molecular flexibility index (Phi) is 6.91. The third-order valence-electron chi connectivity index (χ3n) is 4.14. The molecule has 0 aliphatic carbocycles. The van der Waals surface area contributed by atoms with Crippen LogP contribution in [0.1, 0.15) is 12.5 Å². The average molecular weight is 534 g/mol. The van der Waals surface area contributed by atoms with Crippen molar-refractivity contribution < 1.29 is 28.2 Å². The molecular weight excluding hydrogens is 518 g/mol. The third kappa shape index (κ3) is 4.69. The SMILES string of the molecule is C#CCOc1c(I)cc(/C=C2/C(=O)NC(=O)N(c3ccccc3F)C2=O)cc1OCC. The number of benzene rings is 2. The summed E-state index contributed by atoms with van der Waals surface area (Å²) >= 11 is 2.01. The molecule has 0 bridgehead atoms. The molecule has 2 aromatic rings. The maximum atomic E-state index is 14.2. The highest BCUT2D eigenvalue weighted by Gasteiger charge is 2.38. The first-order chi connectivity index (χ1) is 14.9. The van der Waals surface area contributed by atoms with Crippen LogP contribution in [-0.4, -0.2) is 31.1 Å². The smallest absolute Gasteiger partial charge is 0.336 e. The first-order valence-corrected chi connectivity index (χ1v) is 10.1. The van der Waals surface area contributed by atoms with Gasteiger partial charge in [0.1, 0.15) is 18.0 Å². The fourth-order valence-electron chi connectivity index (χ4n) is 2.86. The van der Waals surface area contributed by atoms with E-state index in [2.05, 4.69) is 11.2 Å². The Morgan fingerprint density at radius 1 is 1.23 bits per heavy atom. The zero-order chi connectivity index (χ0) is 22.5. The normalized spacial score (nSPS) is 15.0. The number of anilines is 1. The lowest BCUT2D eigenvalue weighted by Crippen LogP contribution is -2.54. The Bertz CT molecular complexity index is 1140. The van der Waals surface area contributed by atoms with Gasteiger partial charge in [-0.2, -0.15) is 0 Å². The van der Waals surface area contributed by atoms with Crippen LogP contribution in [0.5, 0.6) is 11.5 Å². The standard InChI is InChI=1S/C22H16FIN2O5/c1-3-9-31-19-16(24)11-13(12-18(19)30-4-2)10-14-20(27)25-22(29)26(21(14)28)17-8-6-5-7-15(17)23/h1,5-8,10-12H,4,9H2,2H3,(H,25,27,29)/b14-10-. The van der Waals surface area contributed by atoms with Crippen molar-refractivity contribution in [2.24, 2.45) is 0 Å². The van der Waals surface area contributed by atoms with Gasteiger partial charge >= 0.3 is 6.03 Å². The summed E-state index contributed by atoms with van der Waals surface area (Å²) < 4.78 is 25.9. The van der Waals surface area contributed by atoms with Crippen molar-refractivity contribution in [3.8, 4) is 23.8 Å². The van der Waals surface area contributed by atoms with E-state index >= 15 is 0 Å². The van der Waals surface area contributed by atoms with Crippen molar-refractivity contribution in [3.05, 3.63) is 56.9 Å². The molecule has 1 aliphatic heterocycles. The van der Waals surface area contributed by atoms with Gasteiger partial charge in [0.05, 0.1) is 15.9 Å². The van der Waals surface area contributed by atoms with Crippen molar-refractivity contribution in [2.45, 2.75) is 6.92 Å². The predicted molar refractivity (Wildman–Crippen MR) is 120 cm³/mol. The number of ether oxygens (including phenoxy) is 2. The molecule has 3 rings (SSSR count). The molecule has 1 saturated heterocycles. The largest absolute Gasteiger partial charge is 0.490 e. The molecule has 1 heterocycles. The number of nitrogens with one attached hydrogen (secondary N) is 1. The third-order valence-corrected chi connectivity index (χ3v) is 4.94. The minimum Gasteiger partial charge on any atom is -0.490 e. The van der Waals surface area contributed by atoms with Crippen LogP contribution < -0.4 is 19.7 Å². The van der Waals surface area contributed by atoms with Crippen LogP contribution in [0.15, 0.2) is 42.0 Å². The maximum absolute atomic E-state index is 14.2. The quantitative estimate of drug-likeness (QED) is 0.266. The van der Waals surface area contributed by atoms with E-state index in [1.807, 2.05) is 22.6 Å². The molecule has 0 saturated carbocycles. The molecule has 2 aromatic carbocycles. The molecule has 1 N–H and O–H groups in total. The van der Waals surface area contributed by atoms with Gasteiger partial charge in [-0.05, 0) is 65.4 Å². The molecule has 0 radical (unpaired) electrons. The van der Waals surface area contributed by atoms with Crippen LogP contribution in [0, 0.1) is 21.7 Å². The lowest BCUT2D eigenvalue weighted by molar-refractivity contribution is -0.122. The van der Waals surface area contributed by atoms with Gasteiger partial charge in [-0.3, -0.25) is 14.9 Å². The molecule has 31 heavy (non-hydrogen) atoms. The van der Waals surface area contributed by atoms with Crippen molar-refractivity contribution in [2.75, 3.05) is 18.1 Å². The summed E-state index contributed by atoms with van der Waals surface area (Å²) in [7, 11) is 0. The minimum atomic E-state index is -1.03. The fourth-order valence-corrected chi connectivity index (χ4v) is 3.65. The first-order valence-electron chi connectivity index (χ1n) is 9.06. The highest BCUT2D eigenvalue weighted by atomic mass is 127. The van der Waals surface area contributed by atoms with Crippen LogP contribution in [0.25, 0.3) is 6.08 Å². The van der Waals surface area contributed by atoms with Gasteiger partial charge in [-0.15, -0.1) is 6.42 Å². The number of hydrogen-bond donors (Lipinski definition) is 1. The van der Waals surface area contributed by atoms with E-state index in [1.54, 1.807) is 19.1 Å². The van der Waals surface area contributed by atoms with Gasteiger partial charge in [-0.1, -0.05) is 18.1 Å². The summed E-state index contributed by atoms with van der Waals surface area (Å²) in [5.74, 6) is 0.581. The highest BCUT2D eigenvalue weighted by Crippen LogP contribution is 2.35. The molecule has 4 amide bonds. The Labute approximate surface area is 191 Å². The summed E-state index contributed by atoms with van der Waals surface area (Å²) in [6, 6.07) is 7.50. The molecule has 7 nitrogen and oxygen atoms in total. The highest BCUT2D eigenvalue weighted by molar-refractivity contribution is 14.1. The lowest BCUT2D eigenvalue weighted by Gasteiger charge is -2.26. The fraction of sp³-hybridized carbons (Fsp3) is 0.136. The molecule has 0 atom stereocenters. The Morgan fingerprint density at radius 3 is 2.65 bits per heavy atom. The average Bonchev–Trinajstić information content (AvgIpc) is 2.72. The second-order valence-corrected chi connectivity index (χ2v) is 7.33. The zero-order valence-corrected chi connectivity index (χ0v) is 18.4. The molecule has 0 aromatic heterocycles. The number of hydrogen-bond acceptors (Lipinski definition) is 5. The van der Waals surface area contributed by atoms with Gasteiger partial charge in [-0.25, -0.2) is 14.1 Å². The Morgan fingerprint density at radius 2 is 1.97 bits per heavy atom. The Hall–Kier alpha value is -3.39. The summed E-state index contributed by atoms with van der Waals surface area (Å²) in [6.07, 6.45) is 6.55. The summed E-state index contributed by atoms with van der Waals surface area (Å²) in [5, 5.41) is 2.06. The molecule has 9 heteroatoms. The van der Waals surface area contributed by atoms with Crippen LogP contribution >= 0.6 is 22.6 Å². The second-order valence-electron chi connectivity index (χ2n) is 6.17. The molecule has 158 valence electrons. The maximum Gasteiger partial charge on any atom is 0.336 e. The van der Waals surface area contributed by atoms with E-state index < -0.39 is 23.7 Å². The molecular formula is C22H16FIN2O5. The number of urea groups is 1. The number of nitrogens with zero attached hydrogens (tertiary/aromatic N) is 1. The van der Waals surface area contributed by atoms with Gasteiger partial charge in [0.25, 0.3) is 11.8 Å². The number of halogens is 2. The van der Waals surface area contributed by atoms with E-state index in [9.17, 15) is 18.8 Å². The van der Waals surface area contributed by atoms with Crippen molar-refractivity contribution in [1.82, 2.24) is 5.32 Å². The van der Waals surface area contributed by atoms with E-state index in [1.165, 1.54) is 24.3 Å². The van der Waals surface area contributed by atoms with Crippen molar-refractivity contribution >= 4 is 52.2 Å². The number of carbonyl (C=O) groups is 3. The van der Waals surface area contributed by atoms with Gasteiger partial charge < -0.3 is 9.47 Å². The van der Waals surface area contributed by atoms with Crippen LogP contribution in [-0.2, 0) is 9.59 Å². The zero-order valence-electron chi connectivity index (χ0n) is 16.3. The van der Waals surface area contributed by atoms with Gasteiger partial charge in [0.2, 0.25) is 0 Å². The summed E-state index contributed by atoms with van der Waals surface area (Å²) in [5.41, 5.74) is -0.147. The number of amides is 4. The van der Waals surface area contributed by atoms with E-state index in [-0.39, 0.29) is 17.9 Å². The number of terminal acetylenes is 1. The van der Waals surface area contributed by atoms with Gasteiger partial charge in [0, 0.05) is 0 Å². The molecule has 0 unspecified atom stereocenters. The van der Waals surface area contributed by atoms with Crippen LogP contribution in [0.2, 0.25) is 0 Å². The van der Waals surface area contributed by atoms with E-state index in [0.717, 1.165) is 6.07 Å². The number of para-hydroxylation sites is 1. The van der Waals surface area contributed by atoms with Gasteiger partial charge in [0.15, 0.2) is 11.5 Å². The summed E-state index contributed by atoms with van der Waals surface area (Å²) in [4.78, 5) is 38.1. The minimum absolute atomic E-state index is 0.0388. The summed E-state index contributed by atoms with van der Waals surface area (Å²) in [6.45, 7) is 2.17. The van der Waals surface area contributed by atoms with E-state index in [4.69, 9.17) is 15.9 Å². The lowest BCUT2D eigenvalue weighted by atomic mass is 10.1. The monoisotopic (exact) mass is 534 g/mol. The topological polar surface area (TPSA) is 84.9 Å². The number of imide groups is 2.